The molecule has 1 saturated heterocycles. The molecule has 1 aromatic carbocycles. The van der Waals surface area contributed by atoms with Crippen LogP contribution in [0.3, 0.4) is 0 Å². The molecule has 5 heteroatoms. The van der Waals surface area contributed by atoms with Gasteiger partial charge in [0, 0.05) is 23.3 Å². The van der Waals surface area contributed by atoms with Crippen molar-refractivity contribution in [3.8, 4) is 0 Å². The van der Waals surface area contributed by atoms with E-state index in [9.17, 15) is 9.90 Å². The number of carbonyl (C=O) groups is 1. The first kappa shape index (κ1) is 16.1. The van der Waals surface area contributed by atoms with Crippen molar-refractivity contribution in [2.24, 2.45) is 0 Å². The molecule has 1 heterocycles. The first-order valence-electron chi connectivity index (χ1n) is 7.44. The number of aliphatic carboxylic acids is 1. The fourth-order valence-corrected chi connectivity index (χ4v) is 3.10. The Bertz CT molecular complexity index is 507. The summed E-state index contributed by atoms with van der Waals surface area (Å²) in [6.07, 6.45) is 2.09. The molecule has 4 nitrogen and oxygen atoms in total. The smallest absolute Gasteiger partial charge is 0.329 e. The minimum absolute atomic E-state index is 0.445. The topological polar surface area (TPSA) is 52.6 Å². The van der Waals surface area contributed by atoms with Gasteiger partial charge in [0.05, 0.1) is 0 Å². The number of likely N-dealkylation sites (tertiary alicyclic amines) is 1. The molecular weight excluding hydrogens is 288 g/mol. The summed E-state index contributed by atoms with van der Waals surface area (Å²) in [4.78, 5) is 14.2. The third-order valence-corrected chi connectivity index (χ3v) is 4.46. The Labute approximate surface area is 131 Å². The van der Waals surface area contributed by atoms with E-state index < -0.39 is 11.5 Å². The maximum absolute atomic E-state index is 11.9. The van der Waals surface area contributed by atoms with Gasteiger partial charge in [0.25, 0.3) is 0 Å². The van der Waals surface area contributed by atoms with E-state index in [-0.39, 0.29) is 0 Å². The Hall–Kier alpha value is -1.26. The fourth-order valence-electron chi connectivity index (χ4n) is 2.91. The lowest BCUT2D eigenvalue weighted by Gasteiger charge is -2.31. The summed E-state index contributed by atoms with van der Waals surface area (Å²) in [7, 11) is 0. The molecule has 0 radical (unpaired) electrons. The first-order chi connectivity index (χ1) is 9.93. The summed E-state index contributed by atoms with van der Waals surface area (Å²) in [5, 5.41) is 13.6. The number of rotatable bonds is 4. The van der Waals surface area contributed by atoms with E-state index >= 15 is 0 Å². The number of benzene rings is 1. The molecule has 2 rings (SSSR count). The lowest BCUT2D eigenvalue weighted by atomic mass is 9.90. The van der Waals surface area contributed by atoms with Crippen molar-refractivity contribution in [1.82, 2.24) is 4.90 Å². The van der Waals surface area contributed by atoms with Gasteiger partial charge >= 0.3 is 5.97 Å². The third-order valence-electron chi connectivity index (χ3n) is 4.22. The maximum atomic E-state index is 11.9. The molecule has 0 spiro atoms. The lowest BCUT2D eigenvalue weighted by Crippen LogP contribution is -2.47. The zero-order valence-electron chi connectivity index (χ0n) is 12.6. The number of anilines is 1. The summed E-state index contributed by atoms with van der Waals surface area (Å²) in [6.45, 7) is 6.04. The van der Waals surface area contributed by atoms with Crippen molar-refractivity contribution in [2.45, 2.75) is 44.7 Å². The Kier molecular flexibility index (Phi) is 5.12. The van der Waals surface area contributed by atoms with Gasteiger partial charge in [0.2, 0.25) is 0 Å². The van der Waals surface area contributed by atoms with E-state index in [0.29, 0.717) is 23.9 Å². The molecule has 21 heavy (non-hydrogen) atoms. The highest BCUT2D eigenvalue weighted by atomic mass is 35.5. The minimum atomic E-state index is -0.908. The predicted octanol–water partition coefficient (Wildman–Crippen LogP) is 3.47. The van der Waals surface area contributed by atoms with Crippen LogP contribution in [0.1, 0.15) is 33.1 Å². The molecule has 1 aliphatic heterocycles. The van der Waals surface area contributed by atoms with Gasteiger partial charge in [0.15, 0.2) is 0 Å². The molecule has 0 aromatic heterocycles. The predicted molar refractivity (Wildman–Crippen MR) is 86.0 cm³/mol. The van der Waals surface area contributed by atoms with E-state index in [1.54, 1.807) is 12.1 Å². The van der Waals surface area contributed by atoms with Crippen LogP contribution in [0, 0.1) is 0 Å². The van der Waals surface area contributed by atoms with Crippen LogP contribution in [0.5, 0.6) is 0 Å². The Balaban J connectivity index is 2.19. The number of hydrogen-bond acceptors (Lipinski definition) is 3. The van der Waals surface area contributed by atoms with Crippen molar-refractivity contribution in [3.63, 3.8) is 0 Å². The Morgan fingerprint density at radius 3 is 2.76 bits per heavy atom. The Morgan fingerprint density at radius 2 is 2.14 bits per heavy atom. The summed E-state index contributed by atoms with van der Waals surface area (Å²) in [5.74, 6) is -0.784. The van der Waals surface area contributed by atoms with Crippen molar-refractivity contribution < 1.29 is 9.90 Å². The summed E-state index contributed by atoms with van der Waals surface area (Å²) in [6, 6.07) is 7.70. The van der Waals surface area contributed by atoms with Gasteiger partial charge in [0.1, 0.15) is 5.54 Å². The van der Waals surface area contributed by atoms with Gasteiger partial charge in [-0.3, -0.25) is 0 Å². The summed E-state index contributed by atoms with van der Waals surface area (Å²) >= 11 is 5.99. The second kappa shape index (κ2) is 6.67. The zero-order chi connectivity index (χ0) is 15.5. The third kappa shape index (κ3) is 3.89. The van der Waals surface area contributed by atoms with Crippen LogP contribution in [0.25, 0.3) is 0 Å². The van der Waals surface area contributed by atoms with Crippen LogP contribution < -0.4 is 5.32 Å². The van der Waals surface area contributed by atoms with Crippen LogP contribution in [0.2, 0.25) is 5.02 Å². The van der Waals surface area contributed by atoms with Crippen LogP contribution in [0.4, 0.5) is 5.69 Å². The molecule has 2 N–H and O–H groups in total. The van der Waals surface area contributed by atoms with Crippen molar-refractivity contribution in [1.29, 1.82) is 0 Å². The molecule has 0 saturated carbocycles. The number of carboxylic acids is 1. The first-order valence-corrected chi connectivity index (χ1v) is 7.82. The number of halogens is 1. The van der Waals surface area contributed by atoms with Gasteiger partial charge in [-0.05, 0) is 57.9 Å². The lowest BCUT2D eigenvalue weighted by molar-refractivity contribution is -0.142. The zero-order valence-corrected chi connectivity index (χ0v) is 13.4. The normalized spacial score (nSPS) is 23.8. The largest absolute Gasteiger partial charge is 0.480 e. The average Bonchev–Trinajstić information content (AvgIpc) is 2.62. The molecule has 1 unspecified atom stereocenters. The van der Waals surface area contributed by atoms with Gasteiger partial charge in [-0.25, -0.2) is 4.79 Å². The number of hydrogen-bond donors (Lipinski definition) is 2. The molecule has 0 amide bonds. The van der Waals surface area contributed by atoms with Gasteiger partial charge in [-0.1, -0.05) is 17.7 Å². The molecule has 0 bridgehead atoms. The number of nitrogens with zero attached hydrogens (tertiary/aromatic N) is 1. The van der Waals surface area contributed by atoms with Crippen LogP contribution in [-0.2, 0) is 4.79 Å². The quantitative estimate of drug-likeness (QED) is 0.894. The molecule has 1 fully saturated rings. The molecule has 116 valence electrons. The minimum Gasteiger partial charge on any atom is -0.480 e. The van der Waals surface area contributed by atoms with E-state index in [0.717, 1.165) is 25.2 Å². The summed E-state index contributed by atoms with van der Waals surface area (Å²) in [5.41, 5.74) is -0.142. The van der Waals surface area contributed by atoms with E-state index in [2.05, 4.69) is 24.1 Å². The van der Waals surface area contributed by atoms with E-state index in [1.165, 1.54) is 0 Å². The van der Waals surface area contributed by atoms with Crippen molar-refractivity contribution in [2.75, 3.05) is 18.4 Å². The highest BCUT2D eigenvalue weighted by molar-refractivity contribution is 6.30. The number of nitrogens with one attached hydrogen (secondary N) is 1. The van der Waals surface area contributed by atoms with Crippen LogP contribution in [-0.4, -0.2) is 40.6 Å². The van der Waals surface area contributed by atoms with E-state index in [1.807, 2.05) is 12.1 Å². The monoisotopic (exact) mass is 310 g/mol. The van der Waals surface area contributed by atoms with Gasteiger partial charge in [-0.15, -0.1) is 0 Å². The molecule has 0 aliphatic carbocycles. The second-order valence-electron chi connectivity index (χ2n) is 6.01. The fraction of sp³-hybridized carbons (Fsp3) is 0.562. The second-order valence-corrected chi connectivity index (χ2v) is 6.44. The highest BCUT2D eigenvalue weighted by Crippen LogP contribution is 2.29. The average molecular weight is 311 g/mol. The van der Waals surface area contributed by atoms with Crippen LogP contribution in [0.15, 0.2) is 24.3 Å². The summed E-state index contributed by atoms with van der Waals surface area (Å²) < 4.78 is 0. The van der Waals surface area contributed by atoms with Crippen LogP contribution >= 0.6 is 11.6 Å². The SMILES string of the molecule is CC(C)N1CCCC(Nc2cccc(Cl)c2)(C(=O)O)CC1. The van der Waals surface area contributed by atoms with Gasteiger partial charge in [-0.2, -0.15) is 0 Å². The maximum Gasteiger partial charge on any atom is 0.329 e. The highest BCUT2D eigenvalue weighted by Gasteiger charge is 2.40. The number of carboxylic acid groups (broad SMARTS) is 1. The molecule has 1 aromatic rings. The molecule has 1 atom stereocenters. The Morgan fingerprint density at radius 1 is 1.38 bits per heavy atom. The van der Waals surface area contributed by atoms with E-state index in [4.69, 9.17) is 11.6 Å². The van der Waals surface area contributed by atoms with Crippen molar-refractivity contribution >= 4 is 23.3 Å². The standard InChI is InChI=1S/C16H23ClN2O2/c1-12(2)19-9-4-7-16(8-10-19,15(20)21)18-14-6-3-5-13(17)11-14/h3,5-6,11-12,18H,4,7-10H2,1-2H3,(H,20,21). The van der Waals surface area contributed by atoms with Crippen molar-refractivity contribution in [3.05, 3.63) is 29.3 Å². The molecule has 1 aliphatic rings. The van der Waals surface area contributed by atoms with Gasteiger partial charge < -0.3 is 15.3 Å². The molecular formula is C16H23ClN2O2.